The van der Waals surface area contributed by atoms with Crippen LogP contribution in [0.2, 0.25) is 0 Å². The Bertz CT molecular complexity index is 1840. The molecule has 1 aliphatic rings. The van der Waals surface area contributed by atoms with Crippen LogP contribution in [0.15, 0.2) is 72.8 Å². The number of nitrogens with one attached hydrogen (secondary N) is 1. The molecule has 1 aliphatic heterocycles. The second-order valence-electron chi connectivity index (χ2n) is 12.0. The van der Waals surface area contributed by atoms with Gasteiger partial charge in [-0.3, -0.25) is 9.59 Å². The summed E-state index contributed by atoms with van der Waals surface area (Å²) in [4.78, 5) is 29.9. The Hall–Kier alpha value is -4.56. The minimum atomic E-state index is -0.852. The third kappa shape index (κ3) is 6.47. The van der Waals surface area contributed by atoms with Crippen LogP contribution in [0.25, 0.3) is 21.9 Å². The van der Waals surface area contributed by atoms with E-state index in [2.05, 4.69) is 5.32 Å². The molecular weight excluding hydrogens is 569 g/mol. The number of amides is 1. The third-order valence-electron chi connectivity index (χ3n) is 9.13. The number of fused-ring (bicyclic) bond motifs is 3. The minimum Gasteiger partial charge on any atom is -0.481 e. The molecule has 45 heavy (non-hydrogen) atoms. The van der Waals surface area contributed by atoms with Gasteiger partial charge in [-0.15, -0.1) is 0 Å². The molecule has 1 amide bonds. The van der Waals surface area contributed by atoms with Crippen molar-refractivity contribution in [3.05, 3.63) is 112 Å². The van der Waals surface area contributed by atoms with Crippen LogP contribution < -0.4 is 5.32 Å². The van der Waals surface area contributed by atoms with E-state index < -0.39 is 5.97 Å². The molecular formula is C37H38FN3O4. The molecule has 232 valence electrons. The minimum absolute atomic E-state index is 0.0187. The number of aromatic nitrogens is 2. The smallest absolute Gasteiger partial charge is 0.303 e. The molecule has 8 heteroatoms. The van der Waals surface area contributed by atoms with Gasteiger partial charge in [0.15, 0.2) is 0 Å². The largest absolute Gasteiger partial charge is 0.481 e. The molecule has 2 N–H and O–H groups in total. The molecule has 3 heterocycles. The van der Waals surface area contributed by atoms with Crippen molar-refractivity contribution >= 4 is 33.8 Å². The van der Waals surface area contributed by atoms with Gasteiger partial charge in [0.2, 0.25) is 5.91 Å². The zero-order valence-corrected chi connectivity index (χ0v) is 25.7. The summed E-state index contributed by atoms with van der Waals surface area (Å²) < 4.78 is 22.2. The van der Waals surface area contributed by atoms with Crippen molar-refractivity contribution in [2.75, 3.05) is 13.2 Å². The van der Waals surface area contributed by atoms with Gasteiger partial charge in [-0.05, 0) is 85.0 Å². The number of carboxylic acid groups (broad SMARTS) is 1. The number of pyridine rings is 1. The van der Waals surface area contributed by atoms with Crippen LogP contribution in [0.1, 0.15) is 58.7 Å². The maximum atomic E-state index is 14.6. The number of ether oxygens (including phenoxy) is 1. The number of carboxylic acids is 1. The summed E-state index contributed by atoms with van der Waals surface area (Å²) >= 11 is 0. The topological polar surface area (TPSA) is 93.5 Å². The number of aliphatic carboxylic acids is 1. The highest BCUT2D eigenvalue weighted by Gasteiger charge is 2.31. The Balaban J connectivity index is 1.32. The van der Waals surface area contributed by atoms with E-state index in [0.29, 0.717) is 32.7 Å². The van der Waals surface area contributed by atoms with Crippen molar-refractivity contribution in [1.29, 1.82) is 0 Å². The fourth-order valence-electron chi connectivity index (χ4n) is 6.80. The Morgan fingerprint density at radius 1 is 1.02 bits per heavy atom. The second kappa shape index (κ2) is 13.2. The first-order chi connectivity index (χ1) is 21.8. The average molecular weight is 608 g/mol. The predicted molar refractivity (Wildman–Crippen MR) is 173 cm³/mol. The van der Waals surface area contributed by atoms with Gasteiger partial charge in [-0.25, -0.2) is 9.37 Å². The summed E-state index contributed by atoms with van der Waals surface area (Å²) in [6, 6.07) is 22.9. The first kappa shape index (κ1) is 30.5. The van der Waals surface area contributed by atoms with E-state index in [0.717, 1.165) is 68.3 Å². The molecule has 1 saturated heterocycles. The molecule has 1 fully saturated rings. The van der Waals surface area contributed by atoms with Crippen LogP contribution in [0.3, 0.4) is 0 Å². The highest BCUT2D eigenvalue weighted by Crippen LogP contribution is 2.36. The van der Waals surface area contributed by atoms with Crippen molar-refractivity contribution in [2.24, 2.45) is 5.92 Å². The molecule has 0 spiro atoms. The van der Waals surface area contributed by atoms with Gasteiger partial charge in [0.1, 0.15) is 11.5 Å². The van der Waals surface area contributed by atoms with Crippen LogP contribution in [-0.2, 0) is 33.8 Å². The lowest BCUT2D eigenvalue weighted by Gasteiger charge is -2.30. The fraction of sp³-hybridized carbons (Fsp3) is 0.324. The van der Waals surface area contributed by atoms with Crippen LogP contribution in [0.5, 0.6) is 0 Å². The van der Waals surface area contributed by atoms with Gasteiger partial charge in [0, 0.05) is 49.2 Å². The van der Waals surface area contributed by atoms with Crippen molar-refractivity contribution in [3.8, 4) is 0 Å². The molecule has 1 unspecified atom stereocenters. The number of rotatable bonds is 10. The maximum absolute atomic E-state index is 14.6. The lowest BCUT2D eigenvalue weighted by Crippen LogP contribution is -2.35. The van der Waals surface area contributed by atoms with E-state index in [1.807, 2.05) is 73.0 Å². The normalized spacial score (nSPS) is 14.6. The lowest BCUT2D eigenvalue weighted by molar-refractivity contribution is -0.137. The van der Waals surface area contributed by atoms with Crippen LogP contribution in [0, 0.1) is 25.6 Å². The van der Waals surface area contributed by atoms with Gasteiger partial charge in [-0.2, -0.15) is 0 Å². The van der Waals surface area contributed by atoms with Crippen LogP contribution in [-0.4, -0.2) is 39.7 Å². The van der Waals surface area contributed by atoms with Gasteiger partial charge in [0.05, 0.1) is 11.4 Å². The molecule has 0 radical (unpaired) electrons. The number of nitrogens with zero attached hydrogens (tertiary/aromatic N) is 2. The Labute approximate surface area is 262 Å². The highest BCUT2D eigenvalue weighted by atomic mass is 19.1. The molecule has 0 aliphatic carbocycles. The van der Waals surface area contributed by atoms with Crippen molar-refractivity contribution in [3.63, 3.8) is 0 Å². The number of aryl methyl sites for hydroxylation is 2. The Morgan fingerprint density at radius 3 is 2.47 bits per heavy atom. The summed E-state index contributed by atoms with van der Waals surface area (Å²) in [5, 5.41) is 14.2. The van der Waals surface area contributed by atoms with Crippen molar-refractivity contribution in [2.45, 2.75) is 58.5 Å². The Kier molecular flexibility index (Phi) is 8.94. The van der Waals surface area contributed by atoms with E-state index in [1.165, 1.54) is 12.1 Å². The fourth-order valence-corrected chi connectivity index (χ4v) is 6.80. The molecule has 7 nitrogen and oxygen atoms in total. The van der Waals surface area contributed by atoms with E-state index in [4.69, 9.17) is 9.72 Å². The van der Waals surface area contributed by atoms with Gasteiger partial charge in [0.25, 0.3) is 0 Å². The standard InChI is InChI=1S/C37H38FN3O4/c1-23-30(14-15-33(42)43)24(2)40-36-34(23)31-13-12-29(38)20-32(31)41(36)22-26-8-10-27(11-9-26)35(28-16-18-45-19-17-28)37(44)39-21-25-6-4-3-5-7-25/h3-13,20,28,35H,14-19,21-22H2,1-2H3,(H,39,44)(H,42,43). The molecule has 6 rings (SSSR count). The Morgan fingerprint density at radius 2 is 1.76 bits per heavy atom. The number of hydrogen-bond acceptors (Lipinski definition) is 4. The lowest BCUT2D eigenvalue weighted by atomic mass is 9.80. The quantitative estimate of drug-likeness (QED) is 0.181. The number of halogens is 1. The van der Waals surface area contributed by atoms with Crippen molar-refractivity contribution in [1.82, 2.24) is 14.9 Å². The molecule has 0 saturated carbocycles. The summed E-state index contributed by atoms with van der Waals surface area (Å²) in [6.45, 7) is 6.15. The van der Waals surface area contributed by atoms with E-state index in [-0.39, 0.29) is 30.0 Å². The van der Waals surface area contributed by atoms with Crippen LogP contribution in [0.4, 0.5) is 4.39 Å². The maximum Gasteiger partial charge on any atom is 0.303 e. The second-order valence-corrected chi connectivity index (χ2v) is 12.0. The molecule has 1 atom stereocenters. The number of carbonyl (C=O) groups is 2. The average Bonchev–Trinajstić information content (AvgIpc) is 3.33. The summed E-state index contributed by atoms with van der Waals surface area (Å²) in [5.41, 5.74) is 7.19. The summed E-state index contributed by atoms with van der Waals surface area (Å²) in [7, 11) is 0. The van der Waals surface area contributed by atoms with Gasteiger partial charge in [-0.1, -0.05) is 54.6 Å². The van der Waals surface area contributed by atoms with Gasteiger partial charge >= 0.3 is 5.97 Å². The summed E-state index contributed by atoms with van der Waals surface area (Å²) in [6.07, 6.45) is 2.07. The van der Waals surface area contributed by atoms with Crippen molar-refractivity contribution < 1.29 is 23.8 Å². The number of carbonyl (C=O) groups excluding carboxylic acids is 1. The SMILES string of the molecule is Cc1nc2c(c(C)c1CCC(=O)O)c1ccc(F)cc1n2Cc1ccc(C(C(=O)NCc2ccccc2)C2CCOCC2)cc1. The number of hydrogen-bond donors (Lipinski definition) is 2. The monoisotopic (exact) mass is 607 g/mol. The van der Waals surface area contributed by atoms with Crippen LogP contribution >= 0.6 is 0 Å². The van der Waals surface area contributed by atoms with E-state index in [9.17, 15) is 19.1 Å². The predicted octanol–water partition coefficient (Wildman–Crippen LogP) is 6.84. The zero-order valence-electron chi connectivity index (χ0n) is 25.7. The molecule has 0 bridgehead atoms. The first-order valence-electron chi connectivity index (χ1n) is 15.6. The molecule has 2 aromatic heterocycles. The highest BCUT2D eigenvalue weighted by molar-refractivity contribution is 6.09. The summed E-state index contributed by atoms with van der Waals surface area (Å²) in [5.74, 6) is -1.26. The first-order valence-corrected chi connectivity index (χ1v) is 15.6. The van der Waals surface area contributed by atoms with E-state index >= 15 is 0 Å². The molecule has 3 aromatic carbocycles. The number of benzene rings is 3. The van der Waals surface area contributed by atoms with E-state index in [1.54, 1.807) is 6.07 Å². The zero-order chi connectivity index (χ0) is 31.5. The van der Waals surface area contributed by atoms with Gasteiger partial charge < -0.3 is 19.7 Å². The third-order valence-corrected chi connectivity index (χ3v) is 9.13. The molecule has 5 aromatic rings.